The molecule has 5 heteroatoms. The van der Waals surface area contributed by atoms with Gasteiger partial charge in [0.25, 0.3) is 0 Å². The number of nitrogens with zero attached hydrogens (tertiary/aromatic N) is 1. The lowest BCUT2D eigenvalue weighted by molar-refractivity contribution is -0.121. The van der Waals surface area contributed by atoms with Gasteiger partial charge in [0, 0.05) is 44.0 Å². The molecule has 0 atom stereocenters. The molecule has 0 saturated heterocycles. The van der Waals surface area contributed by atoms with E-state index in [-0.39, 0.29) is 28.3 Å². The fourth-order valence-corrected chi connectivity index (χ4v) is 3.34. The van der Waals surface area contributed by atoms with Gasteiger partial charge in [-0.3, -0.25) is 14.4 Å². The van der Waals surface area contributed by atoms with Crippen LogP contribution in [0.25, 0.3) is 0 Å². The smallest absolute Gasteiger partial charge is 0.242 e. The third-order valence-corrected chi connectivity index (χ3v) is 3.85. The highest BCUT2D eigenvalue weighted by Crippen LogP contribution is 2.32. The summed E-state index contributed by atoms with van der Waals surface area (Å²) in [5.74, 6) is 0.206. The third-order valence-electron chi connectivity index (χ3n) is 3.85. The Morgan fingerprint density at radius 1 is 0.913 bits per heavy atom. The van der Waals surface area contributed by atoms with E-state index >= 15 is 0 Å². The van der Waals surface area contributed by atoms with Gasteiger partial charge in [0.15, 0.2) is 0 Å². The predicted octanol–water partition coefficient (Wildman–Crippen LogP) is 3.54. The Labute approximate surface area is 138 Å². The minimum atomic E-state index is -0.208. The number of nitrogens with one attached hydrogen (secondary N) is 1. The molecule has 2 fully saturated rings. The summed E-state index contributed by atoms with van der Waals surface area (Å²) in [5.41, 5.74) is 1.37. The van der Waals surface area contributed by atoms with E-state index in [0.29, 0.717) is 31.4 Å². The van der Waals surface area contributed by atoms with Crippen molar-refractivity contribution in [3.05, 3.63) is 0 Å². The molecule has 0 aromatic carbocycles. The molecule has 0 spiro atoms. The maximum Gasteiger partial charge on any atom is 0.242 e. The molecule has 5 nitrogen and oxygen atoms in total. The summed E-state index contributed by atoms with van der Waals surface area (Å²) in [6.07, 6.45) is 3.56. The predicted molar refractivity (Wildman–Crippen MR) is 91.1 cm³/mol. The van der Waals surface area contributed by atoms with Crippen LogP contribution in [0.4, 0.5) is 0 Å². The molecule has 2 rings (SSSR count). The number of Topliss-reactive ketones (excluding diaryl/α,β-unsaturated/α-hetero) is 2. The number of amides is 1. The van der Waals surface area contributed by atoms with Crippen LogP contribution in [0, 0.1) is 16.2 Å². The Bertz CT molecular complexity index is 539. The molecule has 128 valence electrons. The van der Waals surface area contributed by atoms with Crippen LogP contribution in [-0.4, -0.2) is 28.9 Å². The van der Waals surface area contributed by atoms with Crippen molar-refractivity contribution in [3.8, 4) is 0 Å². The second-order valence-electron chi connectivity index (χ2n) is 8.27. The third kappa shape index (κ3) is 7.44. The molecule has 0 unspecified atom stereocenters. The van der Waals surface area contributed by atoms with Gasteiger partial charge in [0.05, 0.1) is 0 Å². The molecule has 2 saturated carbocycles. The van der Waals surface area contributed by atoms with Crippen LogP contribution >= 0.6 is 0 Å². The number of rotatable bonds is 0. The standard InChI is InChI=1S/C10H15NO2.C8H13NO/c1-7(12)11-8-4-9(13)6-10(2,3)5-8;1-8(2)4-6(9)3-7(10)5-8/h4-6H2,1-3H3;9H,3-5H2,1-2H3. The normalized spacial score (nSPS) is 24.9. The van der Waals surface area contributed by atoms with Crippen molar-refractivity contribution in [1.29, 1.82) is 5.41 Å². The highest BCUT2D eigenvalue weighted by atomic mass is 16.1. The van der Waals surface area contributed by atoms with Gasteiger partial charge >= 0.3 is 0 Å². The lowest BCUT2D eigenvalue weighted by atomic mass is 9.76. The zero-order valence-corrected chi connectivity index (χ0v) is 14.9. The second-order valence-corrected chi connectivity index (χ2v) is 8.27. The zero-order chi connectivity index (χ0) is 17.8. The Kier molecular flexibility index (Phi) is 6.14. The lowest BCUT2D eigenvalue weighted by Gasteiger charge is -2.28. The monoisotopic (exact) mass is 320 g/mol. The van der Waals surface area contributed by atoms with E-state index in [2.05, 4.69) is 4.99 Å². The summed E-state index contributed by atoms with van der Waals surface area (Å²) in [4.78, 5) is 36.8. The first kappa shape index (κ1) is 19.4. The van der Waals surface area contributed by atoms with Gasteiger partial charge in [-0.15, -0.1) is 0 Å². The molecular weight excluding hydrogens is 292 g/mol. The number of ketones is 2. The SMILES string of the molecule is CC(=O)N=C1CC(=O)CC(C)(C)C1.CC1(C)CC(=N)CC(=O)C1. The molecule has 2 aliphatic carbocycles. The lowest BCUT2D eigenvalue weighted by Crippen LogP contribution is -2.29. The largest absolute Gasteiger partial charge is 0.309 e. The van der Waals surface area contributed by atoms with E-state index in [9.17, 15) is 14.4 Å². The average Bonchev–Trinajstić information content (AvgIpc) is 2.20. The Morgan fingerprint density at radius 3 is 1.78 bits per heavy atom. The Hall–Kier alpha value is -1.65. The fourth-order valence-electron chi connectivity index (χ4n) is 3.34. The van der Waals surface area contributed by atoms with Crippen LogP contribution in [0.15, 0.2) is 4.99 Å². The van der Waals surface area contributed by atoms with Crippen LogP contribution in [0.1, 0.15) is 73.1 Å². The topological polar surface area (TPSA) is 87.4 Å². The summed E-state index contributed by atoms with van der Waals surface area (Å²) in [7, 11) is 0. The van der Waals surface area contributed by atoms with E-state index < -0.39 is 0 Å². The van der Waals surface area contributed by atoms with Gasteiger partial charge in [-0.05, 0) is 23.7 Å². The van der Waals surface area contributed by atoms with Gasteiger partial charge in [-0.2, -0.15) is 0 Å². The highest BCUT2D eigenvalue weighted by Gasteiger charge is 2.30. The van der Waals surface area contributed by atoms with E-state index in [1.807, 2.05) is 27.7 Å². The van der Waals surface area contributed by atoms with Crippen LogP contribution in [0.2, 0.25) is 0 Å². The van der Waals surface area contributed by atoms with Crippen molar-refractivity contribution in [1.82, 2.24) is 0 Å². The Morgan fingerprint density at radius 2 is 1.39 bits per heavy atom. The summed E-state index contributed by atoms with van der Waals surface area (Å²) in [6.45, 7) is 9.55. The second kappa shape index (κ2) is 7.28. The number of hydrogen-bond donors (Lipinski definition) is 1. The average molecular weight is 320 g/mol. The van der Waals surface area contributed by atoms with Crippen LogP contribution < -0.4 is 0 Å². The number of carbonyl (C=O) groups is 3. The molecule has 0 aromatic heterocycles. The number of hydrogen-bond acceptors (Lipinski definition) is 4. The van der Waals surface area contributed by atoms with Gasteiger partial charge < -0.3 is 5.41 Å². The van der Waals surface area contributed by atoms with Crippen molar-refractivity contribution in [3.63, 3.8) is 0 Å². The van der Waals surface area contributed by atoms with E-state index in [1.54, 1.807) is 0 Å². The number of carbonyl (C=O) groups excluding carboxylic acids is 3. The van der Waals surface area contributed by atoms with Crippen molar-refractivity contribution < 1.29 is 14.4 Å². The molecule has 0 aliphatic heterocycles. The molecule has 0 radical (unpaired) electrons. The van der Waals surface area contributed by atoms with Crippen LogP contribution in [0.5, 0.6) is 0 Å². The van der Waals surface area contributed by atoms with E-state index in [1.165, 1.54) is 6.92 Å². The molecule has 1 N–H and O–H groups in total. The molecular formula is C18H28N2O3. The molecule has 1 amide bonds. The molecule has 0 bridgehead atoms. The van der Waals surface area contributed by atoms with Crippen molar-refractivity contribution in [2.24, 2.45) is 15.8 Å². The van der Waals surface area contributed by atoms with Gasteiger partial charge in [-0.1, -0.05) is 27.7 Å². The first-order valence-electron chi connectivity index (χ1n) is 8.05. The summed E-state index contributed by atoms with van der Waals surface area (Å²) >= 11 is 0. The van der Waals surface area contributed by atoms with E-state index in [4.69, 9.17) is 5.41 Å². The summed E-state index contributed by atoms with van der Waals surface area (Å²) in [5, 5.41) is 7.35. The fraction of sp³-hybridized carbons (Fsp3) is 0.722. The molecule has 0 heterocycles. The quantitative estimate of drug-likeness (QED) is 0.740. The maximum atomic E-state index is 11.3. The van der Waals surface area contributed by atoms with E-state index in [0.717, 1.165) is 18.6 Å². The molecule has 0 aromatic rings. The molecule has 2 aliphatic rings. The first-order valence-corrected chi connectivity index (χ1v) is 8.05. The minimum Gasteiger partial charge on any atom is -0.309 e. The van der Waals surface area contributed by atoms with Crippen molar-refractivity contribution in [2.45, 2.75) is 73.1 Å². The van der Waals surface area contributed by atoms with Crippen molar-refractivity contribution in [2.75, 3.05) is 0 Å². The highest BCUT2D eigenvalue weighted by molar-refractivity contribution is 6.08. The van der Waals surface area contributed by atoms with Crippen molar-refractivity contribution >= 4 is 28.9 Å². The first-order chi connectivity index (χ1) is 10.4. The van der Waals surface area contributed by atoms with Gasteiger partial charge in [0.1, 0.15) is 11.6 Å². The van der Waals surface area contributed by atoms with Gasteiger partial charge in [-0.25, -0.2) is 4.99 Å². The molecule has 23 heavy (non-hydrogen) atoms. The maximum absolute atomic E-state index is 11.3. The van der Waals surface area contributed by atoms with Gasteiger partial charge in [0.2, 0.25) is 5.91 Å². The van der Waals surface area contributed by atoms with Crippen LogP contribution in [0.3, 0.4) is 0 Å². The summed E-state index contributed by atoms with van der Waals surface area (Å²) in [6, 6.07) is 0. The Balaban J connectivity index is 0.000000238. The number of aliphatic imine (C=N–C) groups is 1. The summed E-state index contributed by atoms with van der Waals surface area (Å²) < 4.78 is 0. The zero-order valence-electron chi connectivity index (χ0n) is 14.9. The minimum absolute atomic E-state index is 0.0242. The van der Waals surface area contributed by atoms with Crippen LogP contribution in [-0.2, 0) is 14.4 Å².